The van der Waals surface area contributed by atoms with E-state index in [9.17, 15) is 44.1 Å². The van der Waals surface area contributed by atoms with Gasteiger partial charge >= 0.3 is 0 Å². The number of rotatable bonds is 16. The second-order valence-corrected chi connectivity index (χ2v) is 12.9. The number of aromatic nitrogens is 3. The van der Waals surface area contributed by atoms with Gasteiger partial charge in [-0.15, -0.1) is 0 Å². The van der Waals surface area contributed by atoms with Crippen molar-refractivity contribution in [2.45, 2.75) is 84.5 Å². The Hall–Kier alpha value is -5.38. The molecule has 0 radical (unpaired) electrons. The molecule has 0 spiro atoms. The minimum atomic E-state index is -0.888. The van der Waals surface area contributed by atoms with Crippen LogP contribution in [0, 0.1) is 20.8 Å². The maximum Gasteiger partial charge on any atom is 0.223 e. The van der Waals surface area contributed by atoms with Crippen LogP contribution >= 0.6 is 0 Å². The third kappa shape index (κ3) is 9.87. The van der Waals surface area contributed by atoms with Gasteiger partial charge in [0.15, 0.2) is 17.2 Å². The minimum absolute atomic E-state index is 0.0246. The Morgan fingerprint density at radius 1 is 0.569 bits per heavy atom. The summed E-state index contributed by atoms with van der Waals surface area (Å²) in [5, 5.41) is 42.2. The Balaban J connectivity index is 1.73. The number of aryl methyl sites for hydroxylation is 3. The van der Waals surface area contributed by atoms with Gasteiger partial charge in [0.1, 0.15) is 0 Å². The van der Waals surface area contributed by atoms with Crippen LogP contribution in [0.5, 0.6) is 17.2 Å². The first-order valence-corrected chi connectivity index (χ1v) is 16.6. The summed E-state index contributed by atoms with van der Waals surface area (Å²) in [6.45, 7) is 4.81. The highest BCUT2D eigenvalue weighted by molar-refractivity contribution is 5.77. The van der Waals surface area contributed by atoms with Crippen molar-refractivity contribution in [2.24, 2.45) is 21.1 Å². The van der Waals surface area contributed by atoms with Gasteiger partial charge in [0.2, 0.25) is 34.0 Å². The van der Waals surface area contributed by atoms with E-state index in [2.05, 4.69) is 21.3 Å². The molecule has 0 aliphatic rings. The van der Waals surface area contributed by atoms with Gasteiger partial charge in [-0.05, 0) is 47.1 Å². The van der Waals surface area contributed by atoms with Gasteiger partial charge in [0.25, 0.3) is 0 Å². The highest BCUT2D eigenvalue weighted by atomic mass is 16.3. The summed E-state index contributed by atoms with van der Waals surface area (Å²) in [6, 6.07) is 3.89. The molecule has 0 aromatic carbocycles. The molecule has 16 heteroatoms. The minimum Gasteiger partial charge on any atom is -0.503 e. The number of nitrogens with zero attached hydrogens (tertiary/aromatic N) is 3. The molecule has 0 saturated heterocycles. The third-order valence-corrected chi connectivity index (χ3v) is 9.72. The average molecular weight is 712 g/mol. The van der Waals surface area contributed by atoms with Gasteiger partial charge in [-0.3, -0.25) is 28.8 Å². The van der Waals surface area contributed by atoms with Gasteiger partial charge in [-0.2, -0.15) is 0 Å². The first-order valence-electron chi connectivity index (χ1n) is 16.6. The molecule has 7 N–H and O–H groups in total. The SMILES string of the molecule is CNC(CCC(=O)NCc1c(O)c(=O)cc(C)n1C)(CCC(=O)NCc1c(O)c(=O)cc(C)n1C)CCC(=O)NCc1c(O)c(=O)cc(C)n1C. The molecule has 3 aromatic heterocycles. The summed E-state index contributed by atoms with van der Waals surface area (Å²) in [6.07, 6.45) is 0.536. The summed E-state index contributed by atoms with van der Waals surface area (Å²) >= 11 is 0. The fourth-order valence-electron chi connectivity index (χ4n) is 5.83. The molecule has 51 heavy (non-hydrogen) atoms. The number of hydrogen-bond acceptors (Lipinski definition) is 10. The van der Waals surface area contributed by atoms with Crippen molar-refractivity contribution in [2.75, 3.05) is 7.05 Å². The van der Waals surface area contributed by atoms with Crippen LogP contribution in [0.1, 0.15) is 72.7 Å². The molecule has 3 rings (SSSR count). The van der Waals surface area contributed by atoms with Crippen LogP contribution in [-0.2, 0) is 55.2 Å². The van der Waals surface area contributed by atoms with E-state index < -0.39 is 39.1 Å². The van der Waals surface area contributed by atoms with E-state index in [-0.39, 0.29) is 93.0 Å². The average Bonchev–Trinajstić information content (AvgIpc) is 3.08. The number of amides is 3. The maximum atomic E-state index is 13.0. The van der Waals surface area contributed by atoms with E-state index in [1.54, 1.807) is 62.7 Å². The van der Waals surface area contributed by atoms with Crippen molar-refractivity contribution in [1.82, 2.24) is 35.0 Å². The van der Waals surface area contributed by atoms with E-state index >= 15 is 0 Å². The summed E-state index contributed by atoms with van der Waals surface area (Å²) in [7, 11) is 6.66. The zero-order valence-corrected chi connectivity index (χ0v) is 30.2. The van der Waals surface area contributed by atoms with Crippen LogP contribution in [0.15, 0.2) is 32.6 Å². The second kappa shape index (κ2) is 17.0. The lowest BCUT2D eigenvalue weighted by Gasteiger charge is -2.34. The zero-order valence-electron chi connectivity index (χ0n) is 30.2. The van der Waals surface area contributed by atoms with Crippen molar-refractivity contribution >= 4 is 17.7 Å². The van der Waals surface area contributed by atoms with Gasteiger partial charge in [-0.25, -0.2) is 0 Å². The van der Waals surface area contributed by atoms with E-state index in [4.69, 9.17) is 0 Å². The number of carbonyl (C=O) groups excluding carboxylic acids is 3. The molecule has 0 saturated carbocycles. The molecule has 0 fully saturated rings. The van der Waals surface area contributed by atoms with Gasteiger partial charge < -0.3 is 50.3 Å². The monoisotopic (exact) mass is 711 g/mol. The van der Waals surface area contributed by atoms with Gasteiger partial charge in [-0.1, -0.05) is 0 Å². The van der Waals surface area contributed by atoms with Crippen molar-refractivity contribution in [3.63, 3.8) is 0 Å². The lowest BCUT2D eigenvalue weighted by molar-refractivity contribution is -0.121. The predicted octanol–water partition coefficient (Wildman–Crippen LogP) is 0.373. The first-order chi connectivity index (χ1) is 23.9. The Morgan fingerprint density at radius 3 is 1.06 bits per heavy atom. The third-order valence-electron chi connectivity index (χ3n) is 9.72. The number of aromatic hydroxyl groups is 3. The summed E-state index contributed by atoms with van der Waals surface area (Å²) in [4.78, 5) is 75.4. The van der Waals surface area contributed by atoms with E-state index in [0.717, 1.165) is 0 Å². The molecule has 3 amide bonds. The molecule has 0 unspecified atom stereocenters. The molecule has 0 aliphatic heterocycles. The van der Waals surface area contributed by atoms with Crippen LogP contribution in [0.4, 0.5) is 0 Å². The fraction of sp³-hybridized carbons (Fsp3) is 0.486. The fourth-order valence-corrected chi connectivity index (χ4v) is 5.83. The Bertz CT molecular complexity index is 1760. The summed E-state index contributed by atoms with van der Waals surface area (Å²) < 4.78 is 4.82. The Labute approximate surface area is 295 Å². The Morgan fingerprint density at radius 2 is 0.824 bits per heavy atom. The van der Waals surface area contributed by atoms with Gasteiger partial charge in [0.05, 0.1) is 36.7 Å². The largest absolute Gasteiger partial charge is 0.503 e. The number of nitrogens with one attached hydrogen (secondary N) is 4. The van der Waals surface area contributed by atoms with Crippen molar-refractivity contribution in [3.8, 4) is 17.2 Å². The molecular weight excluding hydrogens is 662 g/mol. The second-order valence-electron chi connectivity index (χ2n) is 12.9. The van der Waals surface area contributed by atoms with Crippen molar-refractivity contribution < 1.29 is 29.7 Å². The molecular formula is C35H49N7O9. The maximum absolute atomic E-state index is 13.0. The van der Waals surface area contributed by atoms with Crippen molar-refractivity contribution in [1.29, 1.82) is 0 Å². The first kappa shape index (κ1) is 40.1. The van der Waals surface area contributed by atoms with Gasteiger partial charge in [0, 0.05) is 81.2 Å². The van der Waals surface area contributed by atoms with E-state index in [1.807, 2.05) is 0 Å². The summed E-state index contributed by atoms with van der Waals surface area (Å²) in [5.41, 5.74) is -0.00288. The zero-order chi connectivity index (χ0) is 38.2. The lowest BCUT2D eigenvalue weighted by atomic mass is 9.83. The molecule has 0 atom stereocenters. The standard InChI is InChI=1S/C35H49N7O9/c1-20-14-26(43)32(49)23(40(20)5)17-37-29(46)8-11-35(36-4,12-9-30(47)38-18-24-33(50)27(44)15-21(2)41(24)6)13-10-31(48)39-19-25-34(51)28(45)16-22(3)42(25)7/h14-16,36,49-51H,8-13,17-19H2,1-7H3,(H,37,46)(H,38,47)(H,39,48). The number of hydrogen-bond donors (Lipinski definition) is 7. The molecule has 3 aromatic rings. The topological polar surface area (TPSA) is 226 Å². The molecule has 16 nitrogen and oxygen atoms in total. The number of carbonyl (C=O) groups is 3. The van der Waals surface area contributed by atoms with E-state index in [0.29, 0.717) is 17.1 Å². The smallest absolute Gasteiger partial charge is 0.223 e. The van der Waals surface area contributed by atoms with E-state index in [1.165, 1.54) is 18.2 Å². The predicted molar refractivity (Wildman–Crippen MR) is 189 cm³/mol. The molecule has 0 aliphatic carbocycles. The van der Waals surface area contributed by atoms with Crippen LogP contribution in [0.3, 0.4) is 0 Å². The normalized spacial score (nSPS) is 11.4. The highest BCUT2D eigenvalue weighted by Gasteiger charge is 2.31. The molecule has 3 heterocycles. The molecule has 0 bridgehead atoms. The Kier molecular flexibility index (Phi) is 13.4. The quantitative estimate of drug-likeness (QED) is 0.108. The van der Waals surface area contributed by atoms with Crippen LogP contribution in [-0.4, -0.2) is 59.3 Å². The van der Waals surface area contributed by atoms with Crippen molar-refractivity contribution in [3.05, 3.63) is 83.0 Å². The van der Waals surface area contributed by atoms with Crippen LogP contribution in [0.2, 0.25) is 0 Å². The lowest BCUT2D eigenvalue weighted by Crippen LogP contribution is -2.46. The molecule has 278 valence electrons. The summed E-state index contributed by atoms with van der Waals surface area (Å²) in [5.74, 6) is -2.52. The van der Waals surface area contributed by atoms with Crippen LogP contribution < -0.4 is 37.6 Å². The highest BCUT2D eigenvalue weighted by Crippen LogP contribution is 2.26. The number of pyridine rings is 3. The van der Waals surface area contributed by atoms with Crippen LogP contribution in [0.25, 0.3) is 0 Å².